The molecule has 1 saturated heterocycles. The third kappa shape index (κ3) is 2.08. The highest BCUT2D eigenvalue weighted by molar-refractivity contribution is 5.95. The first kappa shape index (κ1) is 11.1. The van der Waals surface area contributed by atoms with Crippen LogP contribution >= 0.6 is 0 Å². The molecule has 0 aliphatic carbocycles. The number of alkyl halides is 2. The zero-order valence-electron chi connectivity index (χ0n) is 9.04. The van der Waals surface area contributed by atoms with Crippen molar-refractivity contribution in [2.24, 2.45) is 5.92 Å². The molecule has 3 nitrogen and oxygen atoms in total. The first-order chi connectivity index (χ1) is 7.58. The molecular formula is C11H14F2N2O. The van der Waals surface area contributed by atoms with Gasteiger partial charge in [0.25, 0.3) is 5.91 Å². The summed E-state index contributed by atoms with van der Waals surface area (Å²) in [6.45, 7) is 2.73. The SMILES string of the molecule is Cc1[nH]ccc1C(=O)N1CC(CC(F)F)C1. The molecule has 2 heterocycles. The van der Waals surface area contributed by atoms with Gasteiger partial charge in [-0.2, -0.15) is 0 Å². The Labute approximate surface area is 92.4 Å². The number of H-pyrrole nitrogens is 1. The zero-order valence-corrected chi connectivity index (χ0v) is 9.04. The first-order valence-corrected chi connectivity index (χ1v) is 5.29. The molecule has 5 heteroatoms. The fourth-order valence-electron chi connectivity index (χ4n) is 1.99. The standard InChI is InChI=1S/C11H14F2N2O/c1-7-9(2-3-14-7)11(16)15-5-8(6-15)4-10(12)13/h2-3,8,10,14H,4-6H2,1H3. The molecule has 0 bridgehead atoms. The minimum absolute atomic E-state index is 0.0387. The lowest BCUT2D eigenvalue weighted by molar-refractivity contribution is 0.0280. The van der Waals surface area contributed by atoms with Crippen LogP contribution in [0.4, 0.5) is 8.78 Å². The fourth-order valence-corrected chi connectivity index (χ4v) is 1.99. The number of hydrogen-bond acceptors (Lipinski definition) is 1. The van der Waals surface area contributed by atoms with Crippen LogP contribution in [0.5, 0.6) is 0 Å². The van der Waals surface area contributed by atoms with Crippen LogP contribution in [-0.4, -0.2) is 35.3 Å². The molecule has 0 aromatic carbocycles. The second-order valence-corrected chi connectivity index (χ2v) is 4.22. The van der Waals surface area contributed by atoms with Gasteiger partial charge in [0.15, 0.2) is 0 Å². The van der Waals surface area contributed by atoms with Crippen molar-refractivity contribution in [3.63, 3.8) is 0 Å². The third-order valence-corrected chi connectivity index (χ3v) is 2.94. The van der Waals surface area contributed by atoms with Crippen molar-refractivity contribution in [2.75, 3.05) is 13.1 Å². The second kappa shape index (κ2) is 4.23. The van der Waals surface area contributed by atoms with Gasteiger partial charge in [-0.15, -0.1) is 0 Å². The van der Waals surface area contributed by atoms with Crippen LogP contribution in [0.15, 0.2) is 12.3 Å². The Hall–Kier alpha value is -1.39. The van der Waals surface area contributed by atoms with Gasteiger partial charge in [0.1, 0.15) is 0 Å². The van der Waals surface area contributed by atoms with Crippen molar-refractivity contribution in [1.29, 1.82) is 0 Å². The second-order valence-electron chi connectivity index (χ2n) is 4.22. The van der Waals surface area contributed by atoms with Gasteiger partial charge in [-0.1, -0.05) is 0 Å². The van der Waals surface area contributed by atoms with Crippen LogP contribution in [0.25, 0.3) is 0 Å². The number of rotatable bonds is 3. The Morgan fingerprint density at radius 3 is 2.81 bits per heavy atom. The minimum Gasteiger partial charge on any atom is -0.365 e. The van der Waals surface area contributed by atoms with E-state index < -0.39 is 6.43 Å². The molecule has 1 fully saturated rings. The summed E-state index contributed by atoms with van der Waals surface area (Å²) in [5, 5.41) is 0. The van der Waals surface area contributed by atoms with Crippen molar-refractivity contribution in [2.45, 2.75) is 19.8 Å². The normalized spacial score (nSPS) is 16.6. The van der Waals surface area contributed by atoms with Crippen LogP contribution in [0.2, 0.25) is 0 Å². The Kier molecular flexibility index (Phi) is 2.94. The lowest BCUT2D eigenvalue weighted by atomic mass is 9.95. The highest BCUT2D eigenvalue weighted by Crippen LogP contribution is 2.24. The third-order valence-electron chi connectivity index (χ3n) is 2.94. The minimum atomic E-state index is -2.27. The summed E-state index contributed by atoms with van der Waals surface area (Å²) < 4.78 is 24.1. The van der Waals surface area contributed by atoms with Crippen molar-refractivity contribution in [3.05, 3.63) is 23.5 Å². The monoisotopic (exact) mass is 228 g/mol. The number of amides is 1. The van der Waals surface area contributed by atoms with Crippen molar-refractivity contribution >= 4 is 5.91 Å². The largest absolute Gasteiger partial charge is 0.365 e. The molecule has 1 aliphatic heterocycles. The van der Waals surface area contributed by atoms with Crippen LogP contribution in [0.3, 0.4) is 0 Å². The smallest absolute Gasteiger partial charge is 0.255 e. The molecule has 0 radical (unpaired) electrons. The van der Waals surface area contributed by atoms with Crippen molar-refractivity contribution < 1.29 is 13.6 Å². The lowest BCUT2D eigenvalue weighted by Crippen LogP contribution is -2.50. The number of halogens is 2. The van der Waals surface area contributed by atoms with Crippen LogP contribution in [-0.2, 0) is 0 Å². The molecule has 0 atom stereocenters. The summed E-state index contributed by atoms with van der Waals surface area (Å²) >= 11 is 0. The Morgan fingerprint density at radius 2 is 2.31 bits per heavy atom. The van der Waals surface area contributed by atoms with E-state index in [9.17, 15) is 13.6 Å². The summed E-state index contributed by atoms with van der Waals surface area (Å²) in [6, 6.07) is 1.72. The number of hydrogen-bond donors (Lipinski definition) is 1. The van der Waals surface area contributed by atoms with E-state index in [1.54, 1.807) is 17.2 Å². The van der Waals surface area contributed by atoms with Crippen LogP contribution in [0.1, 0.15) is 22.5 Å². The average molecular weight is 228 g/mol. The number of carbonyl (C=O) groups is 1. The van der Waals surface area contributed by atoms with Gasteiger partial charge in [0.2, 0.25) is 6.43 Å². The quantitative estimate of drug-likeness (QED) is 0.844. The summed E-state index contributed by atoms with van der Waals surface area (Å²) in [5.41, 5.74) is 1.46. The van der Waals surface area contributed by atoms with Crippen molar-refractivity contribution in [1.82, 2.24) is 9.88 Å². The number of nitrogens with one attached hydrogen (secondary N) is 1. The molecule has 0 saturated carbocycles. The molecule has 2 rings (SSSR count). The fraction of sp³-hybridized carbons (Fsp3) is 0.545. The zero-order chi connectivity index (χ0) is 11.7. The van der Waals surface area contributed by atoms with E-state index in [0.717, 1.165) is 5.69 Å². The summed E-state index contributed by atoms with van der Waals surface area (Å²) in [7, 11) is 0. The highest BCUT2D eigenvalue weighted by atomic mass is 19.3. The maximum atomic E-state index is 12.1. The van der Waals surface area contributed by atoms with Gasteiger partial charge in [-0.05, 0) is 18.9 Å². The number of aromatic amines is 1. The van der Waals surface area contributed by atoms with E-state index in [2.05, 4.69) is 4.98 Å². The molecule has 1 aromatic heterocycles. The number of aryl methyl sites for hydroxylation is 1. The Balaban J connectivity index is 1.89. The Bertz CT molecular complexity index is 383. The first-order valence-electron chi connectivity index (χ1n) is 5.29. The predicted octanol–water partition coefficient (Wildman–Crippen LogP) is 2.05. The van der Waals surface area contributed by atoms with Gasteiger partial charge in [0, 0.05) is 31.4 Å². The van der Waals surface area contributed by atoms with Gasteiger partial charge >= 0.3 is 0 Å². The molecule has 1 aromatic rings. The van der Waals surface area contributed by atoms with E-state index in [0.29, 0.717) is 18.7 Å². The summed E-state index contributed by atoms with van der Waals surface area (Å²) in [6.07, 6.45) is -0.661. The van der Waals surface area contributed by atoms with Crippen molar-refractivity contribution in [3.8, 4) is 0 Å². The van der Waals surface area contributed by atoms with Gasteiger partial charge in [0.05, 0.1) is 5.56 Å². The molecule has 1 amide bonds. The topological polar surface area (TPSA) is 36.1 Å². The molecular weight excluding hydrogens is 214 g/mol. The number of nitrogens with zero attached hydrogens (tertiary/aromatic N) is 1. The van der Waals surface area contributed by atoms with Gasteiger partial charge in [-0.3, -0.25) is 4.79 Å². The van der Waals surface area contributed by atoms with Crippen LogP contribution < -0.4 is 0 Å². The molecule has 0 unspecified atom stereocenters. The Morgan fingerprint density at radius 1 is 1.62 bits per heavy atom. The molecule has 88 valence electrons. The molecule has 1 aliphatic rings. The highest BCUT2D eigenvalue weighted by Gasteiger charge is 2.33. The maximum absolute atomic E-state index is 12.1. The van der Waals surface area contributed by atoms with Crippen LogP contribution in [0, 0.1) is 12.8 Å². The predicted molar refractivity (Wildman–Crippen MR) is 55.5 cm³/mol. The maximum Gasteiger partial charge on any atom is 0.255 e. The van der Waals surface area contributed by atoms with E-state index in [1.165, 1.54) is 0 Å². The van der Waals surface area contributed by atoms with Gasteiger partial charge < -0.3 is 9.88 Å². The summed E-state index contributed by atoms with van der Waals surface area (Å²) in [5.74, 6) is -0.104. The van der Waals surface area contributed by atoms with Gasteiger partial charge in [-0.25, -0.2) is 8.78 Å². The summed E-state index contributed by atoms with van der Waals surface area (Å²) in [4.78, 5) is 16.4. The molecule has 1 N–H and O–H groups in total. The number of likely N-dealkylation sites (tertiary alicyclic amines) is 1. The lowest BCUT2D eigenvalue weighted by Gasteiger charge is -2.39. The molecule has 16 heavy (non-hydrogen) atoms. The molecule has 0 spiro atoms. The van der Waals surface area contributed by atoms with E-state index in [1.807, 2.05) is 6.92 Å². The number of aromatic nitrogens is 1. The average Bonchev–Trinajstić information content (AvgIpc) is 2.56. The van der Waals surface area contributed by atoms with E-state index >= 15 is 0 Å². The van der Waals surface area contributed by atoms with E-state index in [4.69, 9.17) is 0 Å². The number of carbonyl (C=O) groups excluding carboxylic acids is 1. The van der Waals surface area contributed by atoms with E-state index in [-0.39, 0.29) is 18.2 Å².